The van der Waals surface area contributed by atoms with Crippen molar-refractivity contribution in [3.63, 3.8) is 0 Å². The molecule has 0 N–H and O–H groups in total. The van der Waals surface area contributed by atoms with Crippen LogP contribution in [0.3, 0.4) is 0 Å². The predicted molar refractivity (Wildman–Crippen MR) is 85.3 cm³/mol. The summed E-state index contributed by atoms with van der Waals surface area (Å²) in [6.07, 6.45) is 3.50. The molecule has 0 spiro atoms. The van der Waals surface area contributed by atoms with E-state index in [9.17, 15) is 4.79 Å². The summed E-state index contributed by atoms with van der Waals surface area (Å²) in [6, 6.07) is 9.50. The van der Waals surface area contributed by atoms with Gasteiger partial charge >= 0.3 is 0 Å². The largest absolute Gasteiger partial charge is 0.469 e. The molecule has 5 heteroatoms. The summed E-state index contributed by atoms with van der Waals surface area (Å²) in [7, 11) is 0. The van der Waals surface area contributed by atoms with Crippen molar-refractivity contribution in [1.29, 1.82) is 0 Å². The van der Waals surface area contributed by atoms with Crippen LogP contribution >= 0.6 is 0 Å². The molecular weight excluding hydrogens is 292 g/mol. The van der Waals surface area contributed by atoms with E-state index >= 15 is 0 Å². The summed E-state index contributed by atoms with van der Waals surface area (Å²) < 4.78 is 11.1. The van der Waals surface area contributed by atoms with Crippen LogP contribution in [0.4, 0.5) is 0 Å². The van der Waals surface area contributed by atoms with Gasteiger partial charge in [-0.3, -0.25) is 4.79 Å². The fourth-order valence-electron chi connectivity index (χ4n) is 3.21. The van der Waals surface area contributed by atoms with Gasteiger partial charge in [-0.25, -0.2) is 4.98 Å². The van der Waals surface area contributed by atoms with Gasteiger partial charge < -0.3 is 13.7 Å². The van der Waals surface area contributed by atoms with Gasteiger partial charge in [-0.05, 0) is 38.0 Å². The Morgan fingerprint density at radius 1 is 1.30 bits per heavy atom. The van der Waals surface area contributed by atoms with E-state index in [1.807, 2.05) is 36.1 Å². The van der Waals surface area contributed by atoms with E-state index in [4.69, 9.17) is 8.83 Å². The molecular formula is C18H18N2O3. The number of hydrogen-bond donors (Lipinski definition) is 0. The maximum atomic E-state index is 12.6. The number of piperidine rings is 1. The minimum atomic E-state index is 0.0251. The molecule has 3 aromatic rings. The number of furan rings is 1. The van der Waals surface area contributed by atoms with Gasteiger partial charge in [0, 0.05) is 13.1 Å². The Hall–Kier alpha value is -2.56. The number of fused-ring (bicyclic) bond motifs is 1. The van der Waals surface area contributed by atoms with Crippen molar-refractivity contribution in [2.75, 3.05) is 13.1 Å². The van der Waals surface area contributed by atoms with Crippen LogP contribution in [0.2, 0.25) is 0 Å². The van der Waals surface area contributed by atoms with Gasteiger partial charge in [0.2, 0.25) is 0 Å². The third-order valence-corrected chi connectivity index (χ3v) is 4.46. The van der Waals surface area contributed by atoms with Crippen LogP contribution in [-0.2, 0) is 0 Å². The summed E-state index contributed by atoms with van der Waals surface area (Å²) in [6.45, 7) is 3.21. The Balaban J connectivity index is 1.57. The van der Waals surface area contributed by atoms with Crippen LogP contribution in [0.15, 0.2) is 45.4 Å². The number of carbonyl (C=O) groups excluding carboxylic acids is 1. The minimum Gasteiger partial charge on any atom is -0.469 e. The topological polar surface area (TPSA) is 59.5 Å². The molecule has 23 heavy (non-hydrogen) atoms. The van der Waals surface area contributed by atoms with Crippen LogP contribution < -0.4 is 0 Å². The van der Waals surface area contributed by atoms with Crippen molar-refractivity contribution in [1.82, 2.24) is 9.88 Å². The van der Waals surface area contributed by atoms with Crippen LogP contribution in [-0.4, -0.2) is 28.9 Å². The number of para-hydroxylation sites is 2. The van der Waals surface area contributed by atoms with Gasteiger partial charge in [0.1, 0.15) is 11.3 Å². The Morgan fingerprint density at radius 2 is 2.17 bits per heavy atom. The van der Waals surface area contributed by atoms with Crippen molar-refractivity contribution < 1.29 is 13.6 Å². The van der Waals surface area contributed by atoms with Crippen LogP contribution in [0.25, 0.3) is 11.1 Å². The normalized spacial score (nSPS) is 18.5. The van der Waals surface area contributed by atoms with Crippen LogP contribution in [0, 0.1) is 6.92 Å². The Bertz CT molecular complexity index is 816. The molecule has 118 valence electrons. The number of aromatic nitrogens is 1. The molecule has 0 radical (unpaired) electrons. The second kappa shape index (κ2) is 5.57. The lowest BCUT2D eigenvalue weighted by molar-refractivity contribution is 0.0697. The smallest absolute Gasteiger partial charge is 0.257 e. The second-order valence-electron chi connectivity index (χ2n) is 6.00. The van der Waals surface area contributed by atoms with E-state index in [0.29, 0.717) is 17.9 Å². The Kier molecular flexibility index (Phi) is 3.41. The number of hydrogen-bond acceptors (Lipinski definition) is 4. The van der Waals surface area contributed by atoms with Crippen molar-refractivity contribution >= 4 is 17.0 Å². The highest BCUT2D eigenvalue weighted by Gasteiger charge is 2.29. The van der Waals surface area contributed by atoms with Gasteiger partial charge in [-0.15, -0.1) is 0 Å². The maximum Gasteiger partial charge on any atom is 0.257 e. The fourth-order valence-corrected chi connectivity index (χ4v) is 3.21. The number of carbonyl (C=O) groups is 1. The number of rotatable bonds is 2. The third kappa shape index (κ3) is 2.52. The molecule has 5 nitrogen and oxygen atoms in total. The van der Waals surface area contributed by atoms with Crippen molar-refractivity contribution in [2.45, 2.75) is 25.7 Å². The molecule has 4 rings (SSSR count). The van der Waals surface area contributed by atoms with Gasteiger partial charge in [0.15, 0.2) is 11.5 Å². The quantitative estimate of drug-likeness (QED) is 0.723. The first-order chi connectivity index (χ1) is 11.2. The maximum absolute atomic E-state index is 12.6. The standard InChI is InChI=1S/C18H18N2O3/c1-12-14(8-10-22-12)18(21)20-9-4-5-13(11-20)17-19-15-6-2-3-7-16(15)23-17/h2-3,6-8,10,13H,4-5,9,11H2,1H3/t13-/m1/s1. The monoisotopic (exact) mass is 310 g/mol. The van der Waals surface area contributed by atoms with E-state index in [2.05, 4.69) is 4.98 Å². The van der Waals surface area contributed by atoms with Gasteiger partial charge in [-0.1, -0.05) is 12.1 Å². The number of nitrogens with zero attached hydrogens (tertiary/aromatic N) is 2. The van der Waals surface area contributed by atoms with E-state index in [-0.39, 0.29) is 11.8 Å². The summed E-state index contributed by atoms with van der Waals surface area (Å²) in [4.78, 5) is 19.1. The summed E-state index contributed by atoms with van der Waals surface area (Å²) in [5.41, 5.74) is 2.32. The number of amides is 1. The van der Waals surface area contributed by atoms with Gasteiger partial charge in [0.05, 0.1) is 17.7 Å². The minimum absolute atomic E-state index is 0.0251. The zero-order valence-corrected chi connectivity index (χ0v) is 13.0. The van der Waals surface area contributed by atoms with Gasteiger partial charge in [-0.2, -0.15) is 0 Å². The lowest BCUT2D eigenvalue weighted by Crippen LogP contribution is -2.39. The predicted octanol–water partition coefficient (Wildman–Crippen LogP) is 3.75. The zero-order chi connectivity index (χ0) is 15.8. The first-order valence-electron chi connectivity index (χ1n) is 7.91. The lowest BCUT2D eigenvalue weighted by atomic mass is 9.97. The number of aryl methyl sites for hydroxylation is 1. The molecule has 1 fully saturated rings. The molecule has 0 aliphatic carbocycles. The summed E-state index contributed by atoms with van der Waals surface area (Å²) in [5.74, 6) is 1.57. The van der Waals surface area contributed by atoms with Crippen LogP contribution in [0.5, 0.6) is 0 Å². The SMILES string of the molecule is Cc1occc1C(=O)N1CCC[C@@H](c2nc3ccccc3o2)C1. The van der Waals surface area contributed by atoms with E-state index < -0.39 is 0 Å². The molecule has 1 aliphatic rings. The number of benzene rings is 1. The molecule has 0 bridgehead atoms. The molecule has 0 saturated carbocycles. The van der Waals surface area contributed by atoms with E-state index in [1.165, 1.54) is 0 Å². The molecule has 1 amide bonds. The third-order valence-electron chi connectivity index (χ3n) is 4.46. The zero-order valence-electron chi connectivity index (χ0n) is 13.0. The first-order valence-corrected chi connectivity index (χ1v) is 7.91. The molecule has 1 aromatic carbocycles. The highest BCUT2D eigenvalue weighted by molar-refractivity contribution is 5.95. The van der Waals surface area contributed by atoms with Crippen LogP contribution in [0.1, 0.15) is 40.8 Å². The average molecular weight is 310 g/mol. The summed E-state index contributed by atoms with van der Waals surface area (Å²) in [5, 5.41) is 0. The van der Waals surface area contributed by atoms with E-state index in [0.717, 1.165) is 36.4 Å². The molecule has 1 aliphatic heterocycles. The molecule has 2 aromatic heterocycles. The van der Waals surface area contributed by atoms with Crippen molar-refractivity contribution in [3.8, 4) is 0 Å². The average Bonchev–Trinajstić information content (AvgIpc) is 3.20. The van der Waals surface area contributed by atoms with E-state index in [1.54, 1.807) is 12.3 Å². The molecule has 3 heterocycles. The van der Waals surface area contributed by atoms with Crippen molar-refractivity contribution in [3.05, 3.63) is 53.8 Å². The number of likely N-dealkylation sites (tertiary alicyclic amines) is 1. The fraction of sp³-hybridized carbons (Fsp3) is 0.333. The highest BCUT2D eigenvalue weighted by atomic mass is 16.3. The molecule has 0 unspecified atom stereocenters. The van der Waals surface area contributed by atoms with Gasteiger partial charge in [0.25, 0.3) is 5.91 Å². The Labute approximate surface area is 133 Å². The second-order valence-corrected chi connectivity index (χ2v) is 6.00. The van der Waals surface area contributed by atoms with Crippen molar-refractivity contribution in [2.24, 2.45) is 0 Å². The number of oxazole rings is 1. The molecule has 1 atom stereocenters. The lowest BCUT2D eigenvalue weighted by Gasteiger charge is -2.31. The molecule has 1 saturated heterocycles. The first kappa shape index (κ1) is 14.1. The summed E-state index contributed by atoms with van der Waals surface area (Å²) >= 11 is 0. The Morgan fingerprint density at radius 3 is 2.96 bits per heavy atom. The highest BCUT2D eigenvalue weighted by Crippen LogP contribution is 2.30.